The topological polar surface area (TPSA) is 84.9 Å². The van der Waals surface area contributed by atoms with Gasteiger partial charge in [0.2, 0.25) is 5.91 Å². The Morgan fingerprint density at radius 2 is 2.00 bits per heavy atom. The minimum Gasteiger partial charge on any atom is -0.444 e. The molecule has 2 amide bonds. The first-order valence-corrected chi connectivity index (χ1v) is 8.48. The summed E-state index contributed by atoms with van der Waals surface area (Å²) in [6, 6.07) is -0.637. The second-order valence-electron chi connectivity index (χ2n) is 7.31. The summed E-state index contributed by atoms with van der Waals surface area (Å²) in [4.78, 5) is 37.5. The quantitative estimate of drug-likeness (QED) is 0.478. The van der Waals surface area contributed by atoms with Crippen LogP contribution >= 0.6 is 11.8 Å². The maximum absolute atomic E-state index is 12.5. The number of alkyl carbamates (subject to hydrolysis) is 1. The van der Waals surface area contributed by atoms with Crippen LogP contribution in [0, 0.1) is 0 Å². The monoisotopic (exact) mass is 344 g/mol. The van der Waals surface area contributed by atoms with E-state index in [9.17, 15) is 14.4 Å². The summed E-state index contributed by atoms with van der Waals surface area (Å²) in [7, 11) is 0. The molecule has 0 aliphatic carbocycles. The van der Waals surface area contributed by atoms with Crippen LogP contribution in [0.1, 0.15) is 48.0 Å². The Hall–Kier alpha value is -1.44. The summed E-state index contributed by atoms with van der Waals surface area (Å²) in [5.41, 5.74) is -0.630. The lowest BCUT2D eigenvalue weighted by Gasteiger charge is -2.37. The Morgan fingerprint density at radius 1 is 1.39 bits per heavy atom. The predicted molar refractivity (Wildman–Crippen MR) is 85.6 cm³/mol. The summed E-state index contributed by atoms with van der Waals surface area (Å²) in [5.74, 6) is -0.551. The fourth-order valence-electron chi connectivity index (χ4n) is 2.70. The van der Waals surface area contributed by atoms with Crippen LogP contribution in [0.15, 0.2) is 0 Å². The van der Waals surface area contributed by atoms with Crippen molar-refractivity contribution in [1.82, 2.24) is 10.2 Å². The van der Waals surface area contributed by atoms with Gasteiger partial charge in [0.05, 0.1) is 11.8 Å². The first-order valence-electron chi connectivity index (χ1n) is 7.60. The highest BCUT2D eigenvalue weighted by atomic mass is 32.2. The Balaban J connectivity index is 1.93. The number of nitrogens with one attached hydrogen (secondary N) is 1. The van der Waals surface area contributed by atoms with Gasteiger partial charge >= 0.3 is 12.1 Å². The van der Waals surface area contributed by atoms with Gasteiger partial charge in [-0.1, -0.05) is 0 Å². The number of thioether (sulfide) groups is 1. The van der Waals surface area contributed by atoms with Gasteiger partial charge in [0.25, 0.3) is 0 Å². The Labute approximate surface area is 140 Å². The van der Waals surface area contributed by atoms with Crippen molar-refractivity contribution in [2.75, 3.05) is 0 Å². The Morgan fingerprint density at radius 3 is 2.52 bits per heavy atom. The van der Waals surface area contributed by atoms with E-state index in [0.29, 0.717) is 6.42 Å². The van der Waals surface area contributed by atoms with Gasteiger partial charge in [-0.05, 0) is 41.5 Å². The number of hydrogen-bond donors (Lipinski definition) is 1. The average molecular weight is 344 g/mol. The first kappa shape index (κ1) is 17.9. The van der Waals surface area contributed by atoms with Crippen molar-refractivity contribution in [2.24, 2.45) is 0 Å². The van der Waals surface area contributed by atoms with E-state index >= 15 is 0 Å². The van der Waals surface area contributed by atoms with E-state index in [4.69, 9.17) is 9.47 Å². The third-order valence-corrected chi connectivity index (χ3v) is 5.06. The van der Waals surface area contributed by atoms with Crippen LogP contribution in [-0.2, 0) is 19.1 Å². The molecule has 2 rings (SSSR count). The molecule has 0 aromatic rings. The minimum atomic E-state index is -0.839. The molecule has 1 N–H and O–H groups in total. The van der Waals surface area contributed by atoms with Gasteiger partial charge in [-0.25, -0.2) is 9.59 Å². The van der Waals surface area contributed by atoms with Crippen molar-refractivity contribution in [2.45, 2.75) is 76.0 Å². The molecule has 3 atom stereocenters. The molecule has 8 heteroatoms. The number of fused-ring (bicyclic) bond motifs is 1. The molecule has 2 saturated heterocycles. The second-order valence-corrected chi connectivity index (χ2v) is 9.14. The molecule has 2 aliphatic rings. The van der Waals surface area contributed by atoms with E-state index in [0.717, 1.165) is 0 Å². The van der Waals surface area contributed by atoms with Crippen LogP contribution in [0.25, 0.3) is 0 Å². The van der Waals surface area contributed by atoms with Gasteiger partial charge < -0.3 is 14.4 Å². The first-order chi connectivity index (χ1) is 10.4. The van der Waals surface area contributed by atoms with Crippen molar-refractivity contribution in [3.63, 3.8) is 0 Å². The number of hydrogen-bond acceptors (Lipinski definition) is 6. The molecule has 0 aromatic heterocycles. The molecular formula is C15H24N2O5S. The molecule has 2 heterocycles. The van der Waals surface area contributed by atoms with E-state index in [1.807, 2.05) is 13.8 Å². The molecule has 0 aromatic carbocycles. The van der Waals surface area contributed by atoms with Crippen LogP contribution in [0.4, 0.5) is 4.79 Å². The fourth-order valence-corrected chi connectivity index (χ4v) is 4.32. The minimum absolute atomic E-state index is 0.0391. The fraction of sp³-hybridized carbons (Fsp3) is 0.800. The predicted octanol–water partition coefficient (Wildman–Crippen LogP) is 1.85. The number of ether oxygens (including phenoxy) is 2. The number of carbonyl (C=O) groups is 3. The molecule has 0 spiro atoms. The SMILES string of the molecule is CC(NC(=O)OC(C)(C)C)OC(=O)[C@@H]1N2C(=O)C[C@H]2SC1(C)C. The number of amides is 2. The van der Waals surface area contributed by atoms with E-state index in [1.54, 1.807) is 44.4 Å². The standard InChI is InChI=1S/C15H24N2O5S/c1-8(16-13(20)22-14(2,3)4)21-12(19)11-15(5,6)23-10-7-9(18)17(10)11/h8,10-11H,7H2,1-6H3,(H,16,20)/t8?,10-,11+/m1/s1. The van der Waals surface area contributed by atoms with Gasteiger partial charge in [-0.15, -0.1) is 11.8 Å². The summed E-state index contributed by atoms with van der Waals surface area (Å²) in [6.45, 7) is 10.6. The lowest BCUT2D eigenvalue weighted by atomic mass is 9.98. The maximum Gasteiger partial charge on any atom is 0.410 e. The normalized spacial score (nSPS) is 26.9. The van der Waals surface area contributed by atoms with Crippen molar-refractivity contribution in [3.05, 3.63) is 0 Å². The number of carbonyl (C=O) groups excluding carboxylic acids is 3. The zero-order valence-electron chi connectivity index (χ0n) is 14.3. The molecule has 1 unspecified atom stereocenters. The van der Waals surface area contributed by atoms with Crippen molar-refractivity contribution >= 4 is 29.7 Å². The van der Waals surface area contributed by atoms with E-state index in [-0.39, 0.29) is 11.3 Å². The number of rotatable bonds is 3. The summed E-state index contributed by atoms with van der Waals surface area (Å²) >= 11 is 1.60. The molecule has 2 aliphatic heterocycles. The van der Waals surface area contributed by atoms with Crippen LogP contribution in [0.2, 0.25) is 0 Å². The highest BCUT2D eigenvalue weighted by Crippen LogP contribution is 2.50. The summed E-state index contributed by atoms with van der Waals surface area (Å²) in [6.07, 6.45) is -1.03. The zero-order valence-corrected chi connectivity index (χ0v) is 15.2. The summed E-state index contributed by atoms with van der Waals surface area (Å²) in [5, 5.41) is 2.50. The molecule has 2 fully saturated rings. The van der Waals surface area contributed by atoms with Crippen LogP contribution in [-0.4, -0.2) is 50.9 Å². The summed E-state index contributed by atoms with van der Waals surface area (Å²) < 4.78 is 9.99. The van der Waals surface area contributed by atoms with Crippen LogP contribution in [0.5, 0.6) is 0 Å². The van der Waals surface area contributed by atoms with Gasteiger partial charge in [0.15, 0.2) is 6.23 Å². The van der Waals surface area contributed by atoms with Gasteiger partial charge in [0, 0.05) is 4.75 Å². The largest absolute Gasteiger partial charge is 0.444 e. The molecular weight excluding hydrogens is 320 g/mol. The number of nitrogens with zero attached hydrogens (tertiary/aromatic N) is 1. The molecule has 7 nitrogen and oxygen atoms in total. The molecule has 130 valence electrons. The van der Waals surface area contributed by atoms with Crippen molar-refractivity contribution in [3.8, 4) is 0 Å². The molecule has 0 saturated carbocycles. The maximum atomic E-state index is 12.5. The van der Waals surface area contributed by atoms with Crippen LogP contribution < -0.4 is 5.32 Å². The van der Waals surface area contributed by atoms with Gasteiger partial charge in [0.1, 0.15) is 11.6 Å². The van der Waals surface area contributed by atoms with E-state index in [2.05, 4.69) is 5.32 Å². The molecule has 0 bridgehead atoms. The Kier molecular flexibility index (Phi) is 4.58. The highest BCUT2D eigenvalue weighted by Gasteiger charge is 2.59. The lowest BCUT2D eigenvalue weighted by molar-refractivity contribution is -0.165. The van der Waals surface area contributed by atoms with E-state index < -0.39 is 34.7 Å². The van der Waals surface area contributed by atoms with Gasteiger partial charge in [-0.3, -0.25) is 10.1 Å². The number of esters is 1. The van der Waals surface area contributed by atoms with Crippen molar-refractivity contribution < 1.29 is 23.9 Å². The highest BCUT2D eigenvalue weighted by molar-refractivity contribution is 8.01. The van der Waals surface area contributed by atoms with Crippen molar-refractivity contribution in [1.29, 1.82) is 0 Å². The van der Waals surface area contributed by atoms with E-state index in [1.165, 1.54) is 0 Å². The zero-order chi connectivity index (χ0) is 17.6. The average Bonchev–Trinajstić information content (AvgIpc) is 2.52. The smallest absolute Gasteiger partial charge is 0.410 e. The lowest BCUT2D eigenvalue weighted by Crippen LogP contribution is -2.58. The second kappa shape index (κ2) is 5.89. The van der Waals surface area contributed by atoms with Crippen LogP contribution in [0.3, 0.4) is 0 Å². The third-order valence-electron chi connectivity index (χ3n) is 3.56. The third kappa shape index (κ3) is 3.91. The van der Waals surface area contributed by atoms with Gasteiger partial charge in [-0.2, -0.15) is 0 Å². The molecule has 0 radical (unpaired) electrons. The Bertz CT molecular complexity index is 528. The molecule has 23 heavy (non-hydrogen) atoms. The number of β-lactam (4-membered cyclic amide) rings is 1.